The highest BCUT2D eigenvalue weighted by atomic mass is 19.1. The second-order valence-corrected chi connectivity index (χ2v) is 3.10. The van der Waals surface area contributed by atoms with E-state index in [-0.39, 0.29) is 0 Å². The molecule has 0 heterocycles. The van der Waals surface area contributed by atoms with Gasteiger partial charge in [0.05, 0.1) is 0 Å². The summed E-state index contributed by atoms with van der Waals surface area (Å²) in [4.78, 5) is 10.9. The Hall–Kier alpha value is -1.71. The van der Waals surface area contributed by atoms with Crippen molar-refractivity contribution < 1.29 is 13.6 Å². The second kappa shape index (κ2) is 4.68. The lowest BCUT2D eigenvalue weighted by molar-refractivity contribution is -0.114. The van der Waals surface area contributed by atoms with Gasteiger partial charge in [-0.3, -0.25) is 4.79 Å². The fourth-order valence-corrected chi connectivity index (χ4v) is 1.06. The molecule has 0 spiro atoms. The zero-order valence-corrected chi connectivity index (χ0v) is 8.26. The number of alkyl halides is 1. The first-order valence-electron chi connectivity index (χ1n) is 4.40. The van der Waals surface area contributed by atoms with Crippen LogP contribution in [-0.2, 0) is 4.79 Å². The molecular formula is C11H11F2NO. The zero-order valence-electron chi connectivity index (χ0n) is 8.26. The van der Waals surface area contributed by atoms with Gasteiger partial charge < -0.3 is 5.32 Å². The highest BCUT2D eigenvalue weighted by Crippen LogP contribution is 2.20. The van der Waals surface area contributed by atoms with Gasteiger partial charge in [0, 0.05) is 5.69 Å². The highest BCUT2D eigenvalue weighted by molar-refractivity contribution is 6.01. The van der Waals surface area contributed by atoms with Crippen LogP contribution in [0.2, 0.25) is 0 Å². The molecule has 1 aromatic carbocycles. The normalized spacial score (nSPS) is 11.9. The average molecular weight is 211 g/mol. The minimum Gasteiger partial charge on any atom is -0.320 e. The van der Waals surface area contributed by atoms with E-state index in [1.54, 1.807) is 18.2 Å². The van der Waals surface area contributed by atoms with Crippen molar-refractivity contribution in [2.45, 2.75) is 13.1 Å². The number of nitrogens with one attached hydrogen (secondary N) is 1. The van der Waals surface area contributed by atoms with Crippen molar-refractivity contribution in [2.24, 2.45) is 0 Å². The first-order chi connectivity index (χ1) is 7.00. The number of anilines is 1. The van der Waals surface area contributed by atoms with Crippen molar-refractivity contribution >= 4 is 11.6 Å². The fourth-order valence-electron chi connectivity index (χ4n) is 1.06. The molecule has 1 aromatic rings. The number of hydrogen-bond donors (Lipinski definition) is 1. The maximum absolute atomic E-state index is 12.9. The quantitative estimate of drug-likeness (QED) is 0.764. The van der Waals surface area contributed by atoms with Crippen LogP contribution in [-0.4, -0.2) is 5.91 Å². The summed E-state index contributed by atoms with van der Waals surface area (Å²) in [5, 5.41) is 2.26. The van der Waals surface area contributed by atoms with Crippen LogP contribution in [0.4, 0.5) is 14.5 Å². The Balaban J connectivity index is 2.82. The number of rotatable bonds is 3. The molecule has 1 rings (SSSR count). The number of amides is 1. The summed E-state index contributed by atoms with van der Waals surface area (Å²) in [5.41, 5.74) is 0.776. The third kappa shape index (κ3) is 3.16. The predicted octanol–water partition coefficient (Wildman–Crippen LogP) is 3.14. The minimum atomic E-state index is -1.13. The largest absolute Gasteiger partial charge is 0.320 e. The van der Waals surface area contributed by atoms with E-state index in [0.717, 1.165) is 0 Å². The van der Waals surface area contributed by atoms with Crippen molar-refractivity contribution in [3.63, 3.8) is 0 Å². The maximum Gasteiger partial charge on any atom is 0.283 e. The van der Waals surface area contributed by atoms with Crippen molar-refractivity contribution in [3.05, 3.63) is 42.2 Å². The Morgan fingerprint density at radius 2 is 2.20 bits per heavy atom. The molecule has 0 aliphatic carbocycles. The number of carbonyl (C=O) groups excluding carboxylic acids is 1. The van der Waals surface area contributed by atoms with Crippen LogP contribution in [0.5, 0.6) is 0 Å². The third-order valence-corrected chi connectivity index (χ3v) is 1.85. The monoisotopic (exact) mass is 211 g/mol. The van der Waals surface area contributed by atoms with Gasteiger partial charge in [-0.15, -0.1) is 0 Å². The summed E-state index contributed by atoms with van der Waals surface area (Å²) in [7, 11) is 0. The summed E-state index contributed by atoms with van der Waals surface area (Å²) >= 11 is 0. The molecule has 0 bridgehead atoms. The van der Waals surface area contributed by atoms with Crippen molar-refractivity contribution in [1.82, 2.24) is 0 Å². The van der Waals surface area contributed by atoms with Crippen LogP contribution in [0, 0.1) is 0 Å². The molecule has 0 saturated carbocycles. The molecule has 1 N–H and O–H groups in total. The van der Waals surface area contributed by atoms with Gasteiger partial charge >= 0.3 is 0 Å². The molecule has 0 radical (unpaired) electrons. The van der Waals surface area contributed by atoms with Crippen molar-refractivity contribution in [1.29, 1.82) is 0 Å². The molecule has 1 atom stereocenters. The van der Waals surface area contributed by atoms with Crippen LogP contribution in [0.25, 0.3) is 0 Å². The zero-order chi connectivity index (χ0) is 11.4. The summed E-state index contributed by atoms with van der Waals surface area (Å²) in [6.45, 7) is 4.24. The average Bonchev–Trinajstić information content (AvgIpc) is 2.18. The van der Waals surface area contributed by atoms with E-state index in [0.29, 0.717) is 11.3 Å². The highest BCUT2D eigenvalue weighted by Gasteiger charge is 2.08. The maximum atomic E-state index is 12.9. The van der Waals surface area contributed by atoms with Gasteiger partial charge in [-0.1, -0.05) is 18.7 Å². The van der Waals surface area contributed by atoms with Crippen LogP contribution in [0.1, 0.15) is 18.7 Å². The standard InChI is InChI=1S/C11H11F2NO/c1-7(12)9-4-3-5-10(6-9)14-11(15)8(2)13/h3-7H,2H2,1H3,(H,14,15). The molecule has 80 valence electrons. The Bertz CT molecular complexity index is 388. The summed E-state index contributed by atoms with van der Waals surface area (Å²) < 4.78 is 25.3. The van der Waals surface area contributed by atoms with E-state index < -0.39 is 17.9 Å². The molecular weight excluding hydrogens is 200 g/mol. The molecule has 0 saturated heterocycles. The molecule has 2 nitrogen and oxygen atoms in total. The van der Waals surface area contributed by atoms with Gasteiger partial charge in [0.2, 0.25) is 0 Å². The Morgan fingerprint density at radius 3 is 2.73 bits per heavy atom. The lowest BCUT2D eigenvalue weighted by Crippen LogP contribution is -2.11. The van der Waals surface area contributed by atoms with E-state index in [9.17, 15) is 13.6 Å². The van der Waals surface area contributed by atoms with Crippen LogP contribution >= 0.6 is 0 Å². The summed E-state index contributed by atoms with van der Waals surface area (Å²) in [5.74, 6) is -1.99. The van der Waals surface area contributed by atoms with Gasteiger partial charge in [-0.2, -0.15) is 0 Å². The van der Waals surface area contributed by atoms with Crippen molar-refractivity contribution in [2.75, 3.05) is 5.32 Å². The number of benzene rings is 1. The van der Waals surface area contributed by atoms with Crippen LogP contribution in [0.15, 0.2) is 36.7 Å². The fraction of sp³-hybridized carbons (Fsp3) is 0.182. The van der Waals surface area contributed by atoms with E-state index >= 15 is 0 Å². The Labute approximate surface area is 86.6 Å². The lowest BCUT2D eigenvalue weighted by atomic mass is 10.1. The van der Waals surface area contributed by atoms with Gasteiger partial charge in [-0.25, -0.2) is 8.78 Å². The van der Waals surface area contributed by atoms with Gasteiger partial charge in [0.1, 0.15) is 6.17 Å². The van der Waals surface area contributed by atoms with E-state index in [2.05, 4.69) is 11.9 Å². The second-order valence-electron chi connectivity index (χ2n) is 3.10. The topological polar surface area (TPSA) is 29.1 Å². The molecule has 15 heavy (non-hydrogen) atoms. The van der Waals surface area contributed by atoms with E-state index in [1.165, 1.54) is 13.0 Å². The first kappa shape index (κ1) is 11.4. The lowest BCUT2D eigenvalue weighted by Gasteiger charge is -2.06. The van der Waals surface area contributed by atoms with Crippen LogP contribution in [0.3, 0.4) is 0 Å². The number of halogens is 2. The summed E-state index contributed by atoms with van der Waals surface area (Å²) in [6.07, 6.45) is -1.13. The molecule has 0 aromatic heterocycles. The van der Waals surface area contributed by atoms with Gasteiger partial charge in [0.25, 0.3) is 5.91 Å². The van der Waals surface area contributed by atoms with Gasteiger partial charge in [-0.05, 0) is 24.6 Å². The smallest absolute Gasteiger partial charge is 0.283 e. The predicted molar refractivity (Wildman–Crippen MR) is 54.8 cm³/mol. The Kier molecular flexibility index (Phi) is 3.55. The Morgan fingerprint density at radius 1 is 1.53 bits per heavy atom. The molecule has 4 heteroatoms. The molecule has 1 amide bonds. The van der Waals surface area contributed by atoms with E-state index in [1.807, 2.05) is 0 Å². The number of hydrogen-bond acceptors (Lipinski definition) is 1. The van der Waals surface area contributed by atoms with Crippen LogP contribution < -0.4 is 5.32 Å². The molecule has 0 aliphatic rings. The minimum absolute atomic E-state index is 0.348. The molecule has 0 aliphatic heterocycles. The van der Waals surface area contributed by atoms with Gasteiger partial charge in [0.15, 0.2) is 5.83 Å². The molecule has 0 fully saturated rings. The molecule has 1 unspecified atom stereocenters. The third-order valence-electron chi connectivity index (χ3n) is 1.85. The SMILES string of the molecule is C=C(F)C(=O)Nc1cccc(C(C)F)c1. The number of carbonyl (C=O) groups is 1. The van der Waals surface area contributed by atoms with E-state index in [4.69, 9.17) is 0 Å². The summed E-state index contributed by atoms with van der Waals surface area (Å²) in [6, 6.07) is 6.17. The first-order valence-corrected chi connectivity index (χ1v) is 4.40. The van der Waals surface area contributed by atoms with Crippen molar-refractivity contribution in [3.8, 4) is 0 Å².